The number of halogens is 1. The van der Waals surface area contributed by atoms with Gasteiger partial charge in [0.05, 0.1) is 42.2 Å². The number of aliphatic hydroxyl groups excluding tert-OH is 5. The second kappa shape index (κ2) is 26.5. The van der Waals surface area contributed by atoms with Crippen LogP contribution in [0, 0.1) is 11.8 Å². The van der Waals surface area contributed by atoms with Crippen LogP contribution in [-0.2, 0) is 49.1 Å². The van der Waals surface area contributed by atoms with Crippen LogP contribution >= 0.6 is 15.9 Å². The first-order valence-corrected chi connectivity index (χ1v) is 24.9. The molecule has 0 saturated carbocycles. The monoisotopic (exact) mass is 1050 g/mol. The number of hydrogen-bond acceptors (Lipinski definition) is 17. The Bertz CT molecular complexity index is 2080. The van der Waals surface area contributed by atoms with Gasteiger partial charge in [0.25, 0.3) is 0 Å². The number of hydrogen-bond donors (Lipinski definition) is 7. The number of cyclic esters (lactones) is 1. The molecule has 17 nitrogen and oxygen atoms in total. The minimum atomic E-state index is -1.50. The fraction of sp³-hybridized carbons (Fsp3) is 0.654. The summed E-state index contributed by atoms with van der Waals surface area (Å²) < 4.78 is 48.2. The van der Waals surface area contributed by atoms with Crippen molar-refractivity contribution in [3.63, 3.8) is 0 Å². The van der Waals surface area contributed by atoms with Crippen LogP contribution in [0.5, 0.6) is 11.5 Å². The Morgan fingerprint density at radius 1 is 0.957 bits per heavy atom. The molecule has 0 aliphatic carbocycles. The molecule has 1 aromatic carbocycles. The van der Waals surface area contributed by atoms with Gasteiger partial charge in [0, 0.05) is 26.1 Å². The predicted molar refractivity (Wildman–Crippen MR) is 263 cm³/mol. The maximum Gasteiger partial charge on any atom is 0.342 e. The highest BCUT2D eigenvalue weighted by Gasteiger charge is 2.51. The van der Waals surface area contributed by atoms with Gasteiger partial charge in [0.15, 0.2) is 18.7 Å². The fourth-order valence-electron chi connectivity index (χ4n) is 8.65. The number of carbonyl (C=O) groups is 2. The average Bonchev–Trinajstić information content (AvgIpc) is 3.29. The van der Waals surface area contributed by atoms with E-state index in [2.05, 4.69) is 15.9 Å². The third-order valence-electron chi connectivity index (χ3n) is 12.8. The van der Waals surface area contributed by atoms with Gasteiger partial charge in [-0.25, -0.2) is 9.59 Å². The first kappa shape index (κ1) is 59.1. The smallest absolute Gasteiger partial charge is 0.342 e. The van der Waals surface area contributed by atoms with Gasteiger partial charge in [-0.15, -0.1) is 0 Å². The lowest BCUT2D eigenvalue weighted by Crippen LogP contribution is -2.64. The Hall–Kier alpha value is -3.50. The molecule has 3 aliphatic heterocycles. The number of rotatable bonds is 14. The largest absolute Gasteiger partial charge is 0.507 e. The SMILES string of the molecule is CCc1cc(O)c(Br)c(O)c1C(=O)OC1C(C)OC(OCC2=CC=CCC(O)C(C)=CC(CC)C(OC3OC(C)(C)C(OCC(C)C)C(O)C3O)C(C)=CC(C)=CCC(C(C)O)OC2=O)C(OC)C1O. The van der Waals surface area contributed by atoms with Crippen LogP contribution in [-0.4, -0.2) is 153 Å². The quantitative estimate of drug-likeness (QED) is 0.0814. The molecule has 2 saturated heterocycles. The van der Waals surface area contributed by atoms with Crippen LogP contribution in [0.25, 0.3) is 0 Å². The van der Waals surface area contributed by atoms with E-state index in [-0.39, 0.29) is 52.5 Å². The average molecular weight is 1050 g/mol. The zero-order chi connectivity index (χ0) is 52.4. The molecule has 0 spiro atoms. The summed E-state index contributed by atoms with van der Waals surface area (Å²) in [7, 11) is 1.30. The maximum atomic E-state index is 13.9. The van der Waals surface area contributed by atoms with Gasteiger partial charge in [-0.2, -0.15) is 0 Å². The highest BCUT2D eigenvalue weighted by atomic mass is 79.9. The van der Waals surface area contributed by atoms with E-state index < -0.39 is 110 Å². The van der Waals surface area contributed by atoms with Crippen molar-refractivity contribution in [3.05, 3.63) is 80.4 Å². The number of aromatic hydroxyl groups is 2. The Morgan fingerprint density at radius 2 is 1.64 bits per heavy atom. The Kier molecular flexibility index (Phi) is 22.3. The minimum absolute atomic E-state index is 0.0000874. The summed E-state index contributed by atoms with van der Waals surface area (Å²) in [6.45, 7) is 19.8. The number of phenolic OH excluding ortho intramolecular Hbond substituents is 2. The van der Waals surface area contributed by atoms with Crippen LogP contribution in [0.2, 0.25) is 0 Å². The number of phenols is 2. The van der Waals surface area contributed by atoms with E-state index >= 15 is 0 Å². The number of methoxy groups -OCH3 is 1. The second-order valence-electron chi connectivity index (χ2n) is 19.4. The number of aryl methyl sites for hydroxylation is 1. The van der Waals surface area contributed by atoms with E-state index in [0.29, 0.717) is 24.2 Å². The summed E-state index contributed by atoms with van der Waals surface area (Å²) in [4.78, 5) is 27.4. The lowest BCUT2D eigenvalue weighted by Gasteiger charge is -2.48. The number of allylic oxidation sites excluding steroid dienone is 4. The molecule has 0 amide bonds. The van der Waals surface area contributed by atoms with Crippen molar-refractivity contribution in [2.24, 2.45) is 11.8 Å². The van der Waals surface area contributed by atoms with Crippen molar-refractivity contribution >= 4 is 27.9 Å². The van der Waals surface area contributed by atoms with Crippen LogP contribution in [0.4, 0.5) is 0 Å². The lowest BCUT2D eigenvalue weighted by molar-refractivity contribution is -0.338. The third kappa shape index (κ3) is 15.0. The summed E-state index contributed by atoms with van der Waals surface area (Å²) in [5.74, 6) is -2.72. The normalized spacial score (nSPS) is 32.2. The zero-order valence-electron chi connectivity index (χ0n) is 42.5. The molecule has 14 atom stereocenters. The number of benzene rings is 1. The van der Waals surface area contributed by atoms with Gasteiger partial charge in [-0.1, -0.05) is 63.6 Å². The van der Waals surface area contributed by atoms with Gasteiger partial charge in [0.1, 0.15) is 58.2 Å². The molecule has 70 heavy (non-hydrogen) atoms. The molecule has 18 heteroatoms. The van der Waals surface area contributed by atoms with E-state index in [1.54, 1.807) is 46.8 Å². The molecular formula is C52H77BrO17. The summed E-state index contributed by atoms with van der Waals surface area (Å²) >= 11 is 3.07. The summed E-state index contributed by atoms with van der Waals surface area (Å²) in [6, 6.07) is 1.33. The van der Waals surface area contributed by atoms with Crippen molar-refractivity contribution < 1.29 is 83.2 Å². The van der Waals surface area contributed by atoms with E-state index in [1.807, 2.05) is 52.8 Å². The van der Waals surface area contributed by atoms with Crippen molar-refractivity contribution in [2.75, 3.05) is 20.3 Å². The number of esters is 2. The number of carbonyl (C=O) groups excluding carboxylic acids is 2. The molecule has 1 aromatic rings. The van der Waals surface area contributed by atoms with Crippen LogP contribution in [0.1, 0.15) is 111 Å². The van der Waals surface area contributed by atoms with Gasteiger partial charge in [-0.05, 0) is 118 Å². The third-order valence-corrected chi connectivity index (χ3v) is 13.6. The summed E-state index contributed by atoms with van der Waals surface area (Å²) in [5.41, 5.74) is 1.22. The summed E-state index contributed by atoms with van der Waals surface area (Å²) in [5, 5.41) is 77.3. The standard InChI is InChI=1S/C52H77BrO17/c1-13-32-23-36(56)39(53)40(57)38(32)49(62)68-45-31(9)66-51(46(63-12)43(45)60)65-25-34-17-15-16-18-35(55)28(6)22-33(14-2)44(29(7)21-27(5)19-20-37(30(8)54)67-48(34)61)69-50-42(59)41(58)47(52(10,11)70-50)64-24-26(3)4/h15-17,19,21-23,26,30-31,33,35,37,41-47,50-51,54-60H,13-14,18,20,24-25H2,1-12H3. The van der Waals surface area contributed by atoms with E-state index in [9.17, 15) is 45.3 Å². The molecule has 394 valence electrons. The van der Waals surface area contributed by atoms with E-state index in [4.69, 9.17) is 37.9 Å². The van der Waals surface area contributed by atoms with Gasteiger partial charge in [0.2, 0.25) is 0 Å². The fourth-order valence-corrected chi connectivity index (χ4v) is 8.96. The zero-order valence-corrected chi connectivity index (χ0v) is 44.1. The molecule has 3 heterocycles. The summed E-state index contributed by atoms with van der Waals surface area (Å²) in [6.07, 6.45) is -3.45. The van der Waals surface area contributed by atoms with Gasteiger partial charge >= 0.3 is 11.9 Å². The first-order chi connectivity index (χ1) is 32.9. The Labute approximate surface area is 420 Å². The van der Waals surface area contributed by atoms with Crippen molar-refractivity contribution in [3.8, 4) is 11.5 Å². The molecule has 0 aromatic heterocycles. The number of ether oxygens (including phenoxy) is 8. The molecule has 14 unspecified atom stereocenters. The first-order valence-electron chi connectivity index (χ1n) is 24.1. The van der Waals surface area contributed by atoms with Crippen LogP contribution in [0.3, 0.4) is 0 Å². The van der Waals surface area contributed by atoms with Crippen LogP contribution in [0.15, 0.2) is 69.3 Å². The molecule has 0 radical (unpaired) electrons. The predicted octanol–water partition coefficient (Wildman–Crippen LogP) is 6.16. The Balaban J connectivity index is 1.60. The van der Waals surface area contributed by atoms with Crippen molar-refractivity contribution in [1.29, 1.82) is 0 Å². The molecule has 2 fully saturated rings. The van der Waals surface area contributed by atoms with Gasteiger partial charge < -0.3 is 73.6 Å². The Morgan fingerprint density at radius 3 is 2.26 bits per heavy atom. The second-order valence-corrected chi connectivity index (χ2v) is 20.2. The molecule has 3 aliphatic rings. The molecule has 0 bridgehead atoms. The topological polar surface area (TPSA) is 250 Å². The van der Waals surface area contributed by atoms with Gasteiger partial charge in [-0.3, -0.25) is 0 Å². The minimum Gasteiger partial charge on any atom is -0.507 e. The van der Waals surface area contributed by atoms with Crippen LogP contribution < -0.4 is 0 Å². The maximum absolute atomic E-state index is 13.9. The highest BCUT2D eigenvalue weighted by Crippen LogP contribution is 2.40. The highest BCUT2D eigenvalue weighted by molar-refractivity contribution is 9.10. The molecule has 4 rings (SSSR count). The van der Waals surface area contributed by atoms with Crippen molar-refractivity contribution in [1.82, 2.24) is 0 Å². The van der Waals surface area contributed by atoms with Crippen molar-refractivity contribution in [2.45, 2.75) is 187 Å². The molecule has 7 N–H and O–H groups in total. The lowest BCUT2D eigenvalue weighted by atomic mass is 9.88. The number of aliphatic hydroxyl groups is 5. The van der Waals surface area contributed by atoms with E-state index in [0.717, 1.165) is 11.1 Å². The van der Waals surface area contributed by atoms with E-state index in [1.165, 1.54) is 26.2 Å². The molecular weight excluding hydrogens is 976 g/mol.